The van der Waals surface area contributed by atoms with Crippen LogP contribution in [0.25, 0.3) is 0 Å². The highest BCUT2D eigenvalue weighted by atomic mass is 35.5. The number of alkyl halides is 2. The molecule has 1 aromatic heterocycles. The maximum Gasteiger partial charge on any atom is 0.490 e. The number of anilines is 1. The molecule has 1 aliphatic heterocycles. The van der Waals surface area contributed by atoms with Crippen molar-refractivity contribution in [3.63, 3.8) is 0 Å². The van der Waals surface area contributed by atoms with Gasteiger partial charge < -0.3 is 34.8 Å². The molecule has 0 amide bonds. The first kappa shape index (κ1) is 27.5. The summed E-state index contributed by atoms with van der Waals surface area (Å²) in [6, 6.07) is 1.15. The van der Waals surface area contributed by atoms with Gasteiger partial charge in [0.2, 0.25) is 0 Å². The minimum absolute atomic E-state index is 0.125. The van der Waals surface area contributed by atoms with Crippen LogP contribution in [0.3, 0.4) is 0 Å². The molecule has 6 atom stereocenters. The van der Waals surface area contributed by atoms with Crippen LogP contribution < -0.4 is 11.4 Å². The zero-order valence-electron chi connectivity index (χ0n) is 15.8. The third-order valence-electron chi connectivity index (χ3n) is 3.62. The fourth-order valence-electron chi connectivity index (χ4n) is 2.57. The second-order valence-corrected chi connectivity index (χ2v) is 11.0. The van der Waals surface area contributed by atoms with Crippen LogP contribution >= 0.6 is 35.1 Å². The zero-order valence-corrected chi connectivity index (χ0v) is 19.3. The van der Waals surface area contributed by atoms with Gasteiger partial charge in [0, 0.05) is 12.8 Å². The molecule has 32 heavy (non-hydrogen) atoms. The van der Waals surface area contributed by atoms with E-state index in [0.717, 1.165) is 12.3 Å². The SMILES string of the molecule is CCOC1C(COP(=O)(O)OP(=O)(O)OP(=O)(O)O)OC(n2ccc(N)nc2=O)C1(F)Cl. The molecule has 0 bridgehead atoms. The number of hydrogen-bond acceptors (Lipinski definition) is 11. The molecule has 1 fully saturated rings. The summed E-state index contributed by atoms with van der Waals surface area (Å²) in [4.78, 5) is 51.2. The summed E-state index contributed by atoms with van der Waals surface area (Å²) in [5.74, 6) is -0.172. The Morgan fingerprint density at radius 2 is 1.91 bits per heavy atom. The molecule has 1 aliphatic rings. The van der Waals surface area contributed by atoms with Crippen molar-refractivity contribution in [1.82, 2.24) is 9.55 Å². The predicted molar refractivity (Wildman–Crippen MR) is 102 cm³/mol. The molecular formula is C11H18ClFN3O13P3. The lowest BCUT2D eigenvalue weighted by molar-refractivity contribution is -0.0593. The standard InChI is InChI=1S/C11H18ClFN3O13P3/c1-2-25-8-6(5-26-31(21,22)29-32(23,24)28-30(18,19)20)27-9(11(8,12)13)16-4-3-7(14)15-10(16)17/h3-4,6,8-9H,2,5H2,1H3,(H,21,22)(H,23,24)(H2,14,15,17)(H2,18,19,20). The van der Waals surface area contributed by atoms with Crippen molar-refractivity contribution in [2.24, 2.45) is 0 Å². The Morgan fingerprint density at radius 3 is 2.44 bits per heavy atom. The molecule has 6 N–H and O–H groups in total. The molecule has 2 rings (SSSR count). The first-order chi connectivity index (χ1) is 14.5. The first-order valence-corrected chi connectivity index (χ1v) is 13.2. The van der Waals surface area contributed by atoms with E-state index in [1.807, 2.05) is 0 Å². The number of aromatic nitrogens is 2. The van der Waals surface area contributed by atoms with E-state index in [-0.39, 0.29) is 12.4 Å². The van der Waals surface area contributed by atoms with E-state index in [1.165, 1.54) is 6.92 Å². The third kappa shape index (κ3) is 7.11. The van der Waals surface area contributed by atoms with Crippen LogP contribution in [0.4, 0.5) is 10.2 Å². The van der Waals surface area contributed by atoms with Crippen molar-refractivity contribution in [2.75, 3.05) is 18.9 Å². The lowest BCUT2D eigenvalue weighted by Crippen LogP contribution is -2.42. The number of halogens is 2. The number of phosphoric acid groups is 3. The lowest BCUT2D eigenvalue weighted by Gasteiger charge is -2.25. The Bertz CT molecular complexity index is 1030. The van der Waals surface area contributed by atoms with Crippen LogP contribution in [-0.4, -0.2) is 59.7 Å². The van der Waals surface area contributed by atoms with E-state index >= 15 is 4.39 Å². The number of phosphoric ester groups is 1. The summed E-state index contributed by atoms with van der Waals surface area (Å²) in [5, 5.41) is -2.93. The quantitative estimate of drug-likeness (QED) is 0.196. The van der Waals surface area contributed by atoms with Crippen molar-refractivity contribution in [3.8, 4) is 0 Å². The van der Waals surface area contributed by atoms with Gasteiger partial charge in [-0.05, 0) is 13.0 Å². The number of nitrogen functional groups attached to an aromatic ring is 1. The van der Waals surface area contributed by atoms with E-state index in [1.54, 1.807) is 0 Å². The van der Waals surface area contributed by atoms with Crippen LogP contribution in [-0.2, 0) is 36.3 Å². The van der Waals surface area contributed by atoms with Gasteiger partial charge in [0.25, 0.3) is 5.13 Å². The van der Waals surface area contributed by atoms with Gasteiger partial charge in [-0.1, -0.05) is 11.6 Å². The Morgan fingerprint density at radius 1 is 1.28 bits per heavy atom. The van der Waals surface area contributed by atoms with Crippen LogP contribution in [0.15, 0.2) is 17.1 Å². The number of rotatable bonds is 10. The first-order valence-electron chi connectivity index (χ1n) is 8.25. The molecule has 0 saturated carbocycles. The summed E-state index contributed by atoms with van der Waals surface area (Å²) in [7, 11) is -16.9. The van der Waals surface area contributed by atoms with Crippen molar-refractivity contribution >= 4 is 40.9 Å². The molecule has 0 radical (unpaired) electrons. The largest absolute Gasteiger partial charge is 0.490 e. The summed E-state index contributed by atoms with van der Waals surface area (Å²) in [6.07, 6.45) is -4.12. The van der Waals surface area contributed by atoms with Gasteiger partial charge in [0.1, 0.15) is 18.0 Å². The fourth-order valence-corrected chi connectivity index (χ4v) is 5.96. The molecule has 0 aromatic carbocycles. The number of hydrogen-bond donors (Lipinski definition) is 5. The zero-order chi connectivity index (χ0) is 24.5. The van der Waals surface area contributed by atoms with E-state index in [9.17, 15) is 23.4 Å². The van der Waals surface area contributed by atoms with Crippen molar-refractivity contribution in [3.05, 3.63) is 22.7 Å². The normalized spacial score (nSPS) is 30.0. The van der Waals surface area contributed by atoms with E-state index in [4.69, 9.17) is 41.5 Å². The third-order valence-corrected chi connectivity index (χ3v) is 7.82. The van der Waals surface area contributed by atoms with Crippen molar-refractivity contribution in [1.29, 1.82) is 0 Å². The molecule has 21 heteroatoms. The van der Waals surface area contributed by atoms with E-state index in [2.05, 4.69) is 18.1 Å². The highest BCUT2D eigenvalue weighted by Crippen LogP contribution is 2.66. The van der Waals surface area contributed by atoms with Gasteiger partial charge >= 0.3 is 29.2 Å². The van der Waals surface area contributed by atoms with Gasteiger partial charge in [-0.3, -0.25) is 9.09 Å². The number of nitrogens with two attached hydrogens (primary N) is 1. The van der Waals surface area contributed by atoms with E-state index < -0.39 is 59.3 Å². The minimum atomic E-state index is -5.76. The molecule has 184 valence electrons. The molecule has 1 aromatic rings. The van der Waals surface area contributed by atoms with Crippen LogP contribution in [0.1, 0.15) is 13.2 Å². The summed E-state index contributed by atoms with van der Waals surface area (Å²) in [5.41, 5.74) is 4.33. The number of ether oxygens (including phenoxy) is 2. The van der Waals surface area contributed by atoms with Crippen LogP contribution in [0.5, 0.6) is 0 Å². The highest BCUT2D eigenvalue weighted by molar-refractivity contribution is 7.66. The predicted octanol–water partition coefficient (Wildman–Crippen LogP) is 0.376. The Hall–Kier alpha value is -0.770. The number of nitrogens with zero attached hydrogens (tertiary/aromatic N) is 2. The van der Waals surface area contributed by atoms with Crippen LogP contribution in [0, 0.1) is 0 Å². The topological polar surface area (TPSA) is 239 Å². The van der Waals surface area contributed by atoms with Gasteiger partial charge in [0.15, 0.2) is 6.23 Å². The summed E-state index contributed by atoms with van der Waals surface area (Å²) in [6.45, 7) is 0.275. The molecule has 6 unspecified atom stereocenters. The van der Waals surface area contributed by atoms with Gasteiger partial charge in [-0.25, -0.2) is 22.9 Å². The second kappa shape index (κ2) is 9.84. The molecule has 2 heterocycles. The average Bonchev–Trinajstić information content (AvgIpc) is 2.81. The summed E-state index contributed by atoms with van der Waals surface area (Å²) < 4.78 is 71.9. The Kier molecular flexibility index (Phi) is 8.45. The van der Waals surface area contributed by atoms with Crippen molar-refractivity contribution < 1.29 is 60.3 Å². The van der Waals surface area contributed by atoms with Crippen molar-refractivity contribution in [2.45, 2.75) is 30.5 Å². The molecule has 1 saturated heterocycles. The maximum atomic E-state index is 15.3. The van der Waals surface area contributed by atoms with Gasteiger partial charge in [0.05, 0.1) is 6.61 Å². The lowest BCUT2D eigenvalue weighted by atomic mass is 10.1. The Balaban J connectivity index is 2.21. The molecular weight excluding hydrogens is 530 g/mol. The van der Waals surface area contributed by atoms with E-state index in [0.29, 0.717) is 4.57 Å². The minimum Gasteiger partial charge on any atom is -0.383 e. The Labute approximate surface area is 183 Å². The smallest absolute Gasteiger partial charge is 0.383 e. The maximum absolute atomic E-state index is 15.3. The van der Waals surface area contributed by atoms with Gasteiger partial charge in [-0.2, -0.15) is 13.6 Å². The highest BCUT2D eigenvalue weighted by Gasteiger charge is 2.59. The summed E-state index contributed by atoms with van der Waals surface area (Å²) >= 11 is 5.90. The molecule has 16 nitrogen and oxygen atoms in total. The second-order valence-electron chi connectivity index (χ2n) is 6.01. The monoisotopic (exact) mass is 547 g/mol. The average molecular weight is 548 g/mol. The molecule has 0 spiro atoms. The van der Waals surface area contributed by atoms with Gasteiger partial charge in [-0.15, -0.1) is 0 Å². The molecule has 0 aliphatic carbocycles. The van der Waals surface area contributed by atoms with Crippen LogP contribution in [0.2, 0.25) is 0 Å². The fraction of sp³-hybridized carbons (Fsp3) is 0.636.